The van der Waals surface area contributed by atoms with E-state index in [1.165, 1.54) is 10.9 Å². The van der Waals surface area contributed by atoms with Crippen LogP contribution in [0.25, 0.3) is 0 Å². The third kappa shape index (κ3) is 2.83. The molecule has 0 aliphatic rings. The van der Waals surface area contributed by atoms with Crippen LogP contribution in [0.2, 0.25) is 0 Å². The van der Waals surface area contributed by atoms with Crippen molar-refractivity contribution in [2.45, 2.75) is 19.4 Å². The zero-order valence-corrected chi connectivity index (χ0v) is 9.93. The lowest BCUT2D eigenvalue weighted by atomic mass is 10.2. The molecule has 1 atom stereocenters. The minimum absolute atomic E-state index is 0.194. The molecule has 1 aromatic carbocycles. The lowest BCUT2D eigenvalue weighted by Gasteiger charge is -2.14. The van der Waals surface area contributed by atoms with Gasteiger partial charge >= 0.3 is 0 Å². The van der Waals surface area contributed by atoms with Gasteiger partial charge in [0, 0.05) is 17.3 Å². The summed E-state index contributed by atoms with van der Waals surface area (Å²) < 4.78 is 13.4. The van der Waals surface area contributed by atoms with E-state index >= 15 is 0 Å². The highest BCUT2D eigenvalue weighted by Crippen LogP contribution is 2.17. The Kier molecular flexibility index (Phi) is 3.57. The van der Waals surface area contributed by atoms with Crippen molar-refractivity contribution in [2.75, 3.05) is 5.32 Å². The van der Waals surface area contributed by atoms with Crippen LogP contribution in [0.3, 0.4) is 0 Å². The van der Waals surface area contributed by atoms with Gasteiger partial charge in [-0.2, -0.15) is 0 Å². The number of halogens is 1. The number of thiophene rings is 1. The summed E-state index contributed by atoms with van der Waals surface area (Å²) in [6, 6.07) is 11.1. The second-order valence-electron chi connectivity index (χ2n) is 3.81. The Bertz CT molecular complexity index is 439. The van der Waals surface area contributed by atoms with E-state index in [2.05, 4.69) is 23.7 Å². The molecule has 0 amide bonds. The van der Waals surface area contributed by atoms with Gasteiger partial charge in [0.15, 0.2) is 0 Å². The molecule has 0 aliphatic heterocycles. The van der Waals surface area contributed by atoms with Crippen molar-refractivity contribution in [1.29, 1.82) is 0 Å². The minimum Gasteiger partial charge on any atom is -0.380 e. The minimum atomic E-state index is -0.194. The van der Waals surface area contributed by atoms with E-state index in [1.54, 1.807) is 23.5 Å². The molecule has 0 radical (unpaired) electrons. The number of hydrogen-bond acceptors (Lipinski definition) is 2. The zero-order valence-electron chi connectivity index (χ0n) is 9.11. The second-order valence-corrected chi connectivity index (χ2v) is 4.84. The Morgan fingerprint density at radius 1 is 1.25 bits per heavy atom. The van der Waals surface area contributed by atoms with Crippen LogP contribution in [-0.4, -0.2) is 6.04 Å². The lowest BCUT2D eigenvalue weighted by molar-refractivity contribution is 0.626. The molecule has 2 rings (SSSR count). The van der Waals surface area contributed by atoms with Gasteiger partial charge in [0.25, 0.3) is 0 Å². The maximum Gasteiger partial charge on any atom is 0.146 e. The lowest BCUT2D eigenvalue weighted by Crippen LogP contribution is -2.18. The van der Waals surface area contributed by atoms with Crippen molar-refractivity contribution in [3.05, 3.63) is 52.5 Å². The van der Waals surface area contributed by atoms with Gasteiger partial charge in [0.05, 0.1) is 5.69 Å². The summed E-state index contributed by atoms with van der Waals surface area (Å²) in [6.07, 6.45) is 0.923. The van der Waals surface area contributed by atoms with Gasteiger partial charge in [0.1, 0.15) is 5.82 Å². The van der Waals surface area contributed by atoms with E-state index in [0.29, 0.717) is 5.69 Å². The molecule has 1 nitrogen and oxygen atoms in total. The molecule has 3 heteroatoms. The Morgan fingerprint density at radius 2 is 2.06 bits per heavy atom. The van der Waals surface area contributed by atoms with E-state index < -0.39 is 0 Å². The Balaban J connectivity index is 1.97. The first kappa shape index (κ1) is 11.1. The number of anilines is 1. The second kappa shape index (κ2) is 5.12. The van der Waals surface area contributed by atoms with Crippen molar-refractivity contribution in [2.24, 2.45) is 0 Å². The number of rotatable bonds is 4. The Morgan fingerprint density at radius 3 is 2.75 bits per heavy atom. The molecule has 1 aromatic heterocycles. The van der Waals surface area contributed by atoms with E-state index in [1.807, 2.05) is 12.1 Å². The molecule has 0 saturated carbocycles. The Labute approximate surface area is 98.9 Å². The molecular formula is C13H14FNS. The molecule has 16 heavy (non-hydrogen) atoms. The zero-order chi connectivity index (χ0) is 11.4. The summed E-state index contributed by atoms with van der Waals surface area (Å²) in [5.74, 6) is -0.194. The highest BCUT2D eigenvalue weighted by molar-refractivity contribution is 7.09. The SMILES string of the molecule is CC(Cc1cccs1)Nc1ccccc1F. The first-order chi connectivity index (χ1) is 7.75. The predicted octanol–water partition coefficient (Wildman–Crippen LogP) is 3.93. The van der Waals surface area contributed by atoms with Gasteiger partial charge < -0.3 is 5.32 Å². The molecule has 2 aromatic rings. The van der Waals surface area contributed by atoms with Gasteiger partial charge in [-0.25, -0.2) is 4.39 Å². The monoisotopic (exact) mass is 235 g/mol. The molecule has 0 fully saturated rings. The van der Waals surface area contributed by atoms with Crippen molar-refractivity contribution in [3.8, 4) is 0 Å². The van der Waals surface area contributed by atoms with Crippen LogP contribution in [0.15, 0.2) is 41.8 Å². The summed E-state index contributed by atoms with van der Waals surface area (Å²) in [6.45, 7) is 2.06. The van der Waals surface area contributed by atoms with Crippen molar-refractivity contribution < 1.29 is 4.39 Å². The maximum absolute atomic E-state index is 13.4. The average molecular weight is 235 g/mol. The van der Waals surface area contributed by atoms with Crippen LogP contribution in [-0.2, 0) is 6.42 Å². The summed E-state index contributed by atoms with van der Waals surface area (Å²) in [4.78, 5) is 1.32. The van der Waals surface area contributed by atoms with Crippen LogP contribution < -0.4 is 5.32 Å². The smallest absolute Gasteiger partial charge is 0.146 e. The van der Waals surface area contributed by atoms with E-state index in [0.717, 1.165) is 6.42 Å². The highest BCUT2D eigenvalue weighted by Gasteiger charge is 2.06. The molecule has 0 spiro atoms. The molecule has 0 bridgehead atoms. The Hall–Kier alpha value is -1.35. The third-order valence-corrected chi connectivity index (χ3v) is 3.26. The van der Waals surface area contributed by atoms with E-state index in [9.17, 15) is 4.39 Å². The molecule has 0 aliphatic carbocycles. The van der Waals surface area contributed by atoms with Crippen LogP contribution >= 0.6 is 11.3 Å². The van der Waals surface area contributed by atoms with Gasteiger partial charge in [-0.05, 0) is 30.5 Å². The maximum atomic E-state index is 13.4. The van der Waals surface area contributed by atoms with Crippen molar-refractivity contribution in [3.63, 3.8) is 0 Å². The fourth-order valence-electron chi connectivity index (χ4n) is 1.63. The largest absolute Gasteiger partial charge is 0.380 e. The molecule has 0 saturated heterocycles. The van der Waals surface area contributed by atoms with Crippen molar-refractivity contribution in [1.82, 2.24) is 0 Å². The number of hydrogen-bond donors (Lipinski definition) is 1. The first-order valence-corrected chi connectivity index (χ1v) is 6.17. The summed E-state index contributed by atoms with van der Waals surface area (Å²) in [7, 11) is 0. The molecule has 84 valence electrons. The third-order valence-electron chi connectivity index (χ3n) is 2.36. The number of nitrogens with one attached hydrogen (secondary N) is 1. The normalized spacial score (nSPS) is 12.4. The summed E-state index contributed by atoms with van der Waals surface area (Å²) in [5, 5.41) is 5.24. The quantitative estimate of drug-likeness (QED) is 0.846. The fourth-order valence-corrected chi connectivity index (χ4v) is 2.46. The highest BCUT2D eigenvalue weighted by atomic mass is 32.1. The molecule has 1 heterocycles. The summed E-state index contributed by atoms with van der Waals surface area (Å²) in [5.41, 5.74) is 0.576. The van der Waals surface area contributed by atoms with Crippen molar-refractivity contribution >= 4 is 17.0 Å². The van der Waals surface area contributed by atoms with Gasteiger partial charge in [-0.1, -0.05) is 18.2 Å². The molecule has 1 unspecified atom stereocenters. The van der Waals surface area contributed by atoms with E-state index in [4.69, 9.17) is 0 Å². The van der Waals surface area contributed by atoms with Gasteiger partial charge in [-0.15, -0.1) is 11.3 Å². The number of para-hydroxylation sites is 1. The standard InChI is InChI=1S/C13H14FNS/c1-10(9-11-5-4-8-16-11)15-13-7-3-2-6-12(13)14/h2-8,10,15H,9H2,1H3. The van der Waals surface area contributed by atoms with Gasteiger partial charge in [-0.3, -0.25) is 0 Å². The van der Waals surface area contributed by atoms with Crippen LogP contribution in [0, 0.1) is 5.82 Å². The fraction of sp³-hybridized carbons (Fsp3) is 0.231. The van der Waals surface area contributed by atoms with Crippen LogP contribution in [0.5, 0.6) is 0 Å². The molecule has 1 N–H and O–H groups in total. The average Bonchev–Trinajstić information content (AvgIpc) is 2.74. The summed E-state index contributed by atoms with van der Waals surface area (Å²) >= 11 is 1.73. The van der Waals surface area contributed by atoms with Crippen LogP contribution in [0.1, 0.15) is 11.8 Å². The van der Waals surface area contributed by atoms with E-state index in [-0.39, 0.29) is 11.9 Å². The molecular weight excluding hydrogens is 221 g/mol. The van der Waals surface area contributed by atoms with Gasteiger partial charge in [0.2, 0.25) is 0 Å². The topological polar surface area (TPSA) is 12.0 Å². The van der Waals surface area contributed by atoms with Crippen LogP contribution in [0.4, 0.5) is 10.1 Å². The predicted molar refractivity (Wildman–Crippen MR) is 67.5 cm³/mol. The first-order valence-electron chi connectivity index (χ1n) is 5.29. The number of benzene rings is 1.